The molecule has 8 heteroatoms. The van der Waals surface area contributed by atoms with Gasteiger partial charge in [-0.3, -0.25) is 4.79 Å². The molecule has 0 saturated carbocycles. The standard InChI is InChI=1S/C30H23F3N2O3/c31-30(32,33)24-15-13-20(14-16-24)11-12-22-17-25-27(36)26(23-9-5-2-6-10-23)29(37)35(28(25)34-18-22)38-19-21-7-3-1-4-8-21/h1,3-5,7-18,36H,2,6,19H2/b12-11+. The van der Waals surface area contributed by atoms with Crippen molar-refractivity contribution >= 4 is 28.8 Å². The van der Waals surface area contributed by atoms with E-state index >= 15 is 0 Å². The molecule has 5 rings (SSSR count). The molecule has 0 amide bonds. The van der Waals surface area contributed by atoms with Gasteiger partial charge in [0.15, 0.2) is 5.65 Å². The van der Waals surface area contributed by atoms with Crippen molar-refractivity contribution in [3.8, 4) is 5.75 Å². The summed E-state index contributed by atoms with van der Waals surface area (Å²) in [5.74, 6) is -0.209. The zero-order chi connectivity index (χ0) is 26.7. The Balaban J connectivity index is 1.56. The summed E-state index contributed by atoms with van der Waals surface area (Å²) < 4.78 is 39.6. The van der Waals surface area contributed by atoms with Crippen molar-refractivity contribution in [3.05, 3.63) is 123 Å². The van der Waals surface area contributed by atoms with Gasteiger partial charge in [-0.2, -0.15) is 13.2 Å². The number of hydrogen-bond donors (Lipinski definition) is 1. The average molecular weight is 517 g/mol. The minimum atomic E-state index is -4.40. The van der Waals surface area contributed by atoms with Gasteiger partial charge in [0.1, 0.15) is 12.4 Å². The smallest absolute Gasteiger partial charge is 0.416 e. The molecule has 1 aliphatic rings. The highest BCUT2D eigenvalue weighted by Crippen LogP contribution is 2.33. The van der Waals surface area contributed by atoms with Crippen LogP contribution in [0.15, 0.2) is 89.9 Å². The second kappa shape index (κ2) is 10.4. The van der Waals surface area contributed by atoms with E-state index in [4.69, 9.17) is 4.84 Å². The number of rotatable bonds is 6. The number of nitrogens with zero attached hydrogens (tertiary/aromatic N) is 2. The first-order valence-electron chi connectivity index (χ1n) is 12.0. The maximum atomic E-state index is 13.5. The molecule has 0 unspecified atom stereocenters. The lowest BCUT2D eigenvalue weighted by atomic mass is 9.98. The Bertz CT molecular complexity index is 1620. The molecule has 5 nitrogen and oxygen atoms in total. The van der Waals surface area contributed by atoms with Crippen molar-refractivity contribution in [2.45, 2.75) is 25.6 Å². The van der Waals surface area contributed by atoms with Gasteiger partial charge in [0, 0.05) is 6.20 Å². The van der Waals surface area contributed by atoms with Crippen molar-refractivity contribution in [2.75, 3.05) is 0 Å². The monoisotopic (exact) mass is 516 g/mol. The lowest BCUT2D eigenvalue weighted by Crippen LogP contribution is -2.30. The summed E-state index contributed by atoms with van der Waals surface area (Å²) in [4.78, 5) is 23.8. The molecule has 2 aromatic heterocycles. The molecule has 2 aromatic carbocycles. The zero-order valence-electron chi connectivity index (χ0n) is 20.2. The van der Waals surface area contributed by atoms with Crippen LogP contribution in [0.5, 0.6) is 5.75 Å². The van der Waals surface area contributed by atoms with Crippen LogP contribution < -0.4 is 10.4 Å². The normalized spacial score (nSPS) is 13.7. The van der Waals surface area contributed by atoms with E-state index in [0.29, 0.717) is 22.1 Å². The molecule has 0 saturated heterocycles. The summed E-state index contributed by atoms with van der Waals surface area (Å²) in [6, 6.07) is 15.8. The van der Waals surface area contributed by atoms with Gasteiger partial charge in [-0.15, -0.1) is 4.73 Å². The van der Waals surface area contributed by atoms with E-state index in [9.17, 15) is 23.1 Å². The van der Waals surface area contributed by atoms with E-state index in [1.54, 1.807) is 24.3 Å². The Morgan fingerprint density at radius 1 is 1.00 bits per heavy atom. The Morgan fingerprint density at radius 3 is 2.42 bits per heavy atom. The van der Waals surface area contributed by atoms with E-state index in [2.05, 4.69) is 4.98 Å². The number of pyridine rings is 2. The number of benzene rings is 2. The molecule has 1 N–H and O–H groups in total. The van der Waals surface area contributed by atoms with Crippen molar-refractivity contribution in [3.63, 3.8) is 0 Å². The zero-order valence-corrected chi connectivity index (χ0v) is 20.2. The number of fused-ring (bicyclic) bond motifs is 1. The fourth-order valence-corrected chi connectivity index (χ4v) is 4.20. The maximum absolute atomic E-state index is 13.5. The van der Waals surface area contributed by atoms with Crippen molar-refractivity contribution in [2.24, 2.45) is 0 Å². The van der Waals surface area contributed by atoms with Crippen LogP contribution in [0.2, 0.25) is 0 Å². The van der Waals surface area contributed by atoms with Crippen LogP contribution in [-0.2, 0) is 12.8 Å². The van der Waals surface area contributed by atoms with Gasteiger partial charge in [0.05, 0.1) is 16.5 Å². The third-order valence-electron chi connectivity index (χ3n) is 6.16. The van der Waals surface area contributed by atoms with Crippen LogP contribution in [0.3, 0.4) is 0 Å². The number of aromatic nitrogens is 2. The lowest BCUT2D eigenvalue weighted by Gasteiger charge is -2.16. The number of aromatic hydroxyl groups is 1. The van der Waals surface area contributed by atoms with Crippen LogP contribution in [0.25, 0.3) is 28.8 Å². The number of allylic oxidation sites excluding steroid dienone is 4. The molecule has 0 radical (unpaired) electrons. The van der Waals surface area contributed by atoms with E-state index < -0.39 is 17.3 Å². The molecule has 0 aliphatic heterocycles. The number of halogens is 3. The molecule has 4 aromatic rings. The van der Waals surface area contributed by atoms with Gasteiger partial charge >= 0.3 is 6.18 Å². The molecule has 0 bridgehead atoms. The second-order valence-corrected chi connectivity index (χ2v) is 8.81. The molecule has 0 spiro atoms. The fourth-order valence-electron chi connectivity index (χ4n) is 4.20. The SMILES string of the molecule is O=c1c(C2=CCCC=C2)c(O)c2cc(/C=C/c3ccc(C(F)(F)F)cc3)cnc2n1OCc1ccccc1. The molecule has 38 heavy (non-hydrogen) atoms. The van der Waals surface area contributed by atoms with E-state index in [0.717, 1.165) is 35.3 Å². The van der Waals surface area contributed by atoms with Crippen molar-refractivity contribution < 1.29 is 23.1 Å². The first-order chi connectivity index (χ1) is 18.3. The quantitative estimate of drug-likeness (QED) is 0.312. The minimum absolute atomic E-state index is 0.117. The highest BCUT2D eigenvalue weighted by atomic mass is 19.4. The summed E-state index contributed by atoms with van der Waals surface area (Å²) in [5, 5.41) is 11.5. The second-order valence-electron chi connectivity index (χ2n) is 8.81. The van der Waals surface area contributed by atoms with Gasteiger partial charge in [0.25, 0.3) is 5.56 Å². The largest absolute Gasteiger partial charge is 0.506 e. The molecular weight excluding hydrogens is 493 g/mol. The molecular formula is C30H23F3N2O3. The minimum Gasteiger partial charge on any atom is -0.506 e. The van der Waals surface area contributed by atoms with Gasteiger partial charge in [-0.1, -0.05) is 72.8 Å². The Morgan fingerprint density at radius 2 is 1.74 bits per heavy atom. The van der Waals surface area contributed by atoms with Crippen LogP contribution in [0, 0.1) is 0 Å². The third-order valence-corrected chi connectivity index (χ3v) is 6.16. The summed E-state index contributed by atoms with van der Waals surface area (Å²) in [5.41, 5.74) is 1.63. The van der Waals surface area contributed by atoms with Crippen LogP contribution in [0.1, 0.15) is 40.7 Å². The molecule has 0 fully saturated rings. The van der Waals surface area contributed by atoms with Gasteiger partial charge in [-0.25, -0.2) is 4.98 Å². The number of hydrogen-bond acceptors (Lipinski definition) is 4. The summed E-state index contributed by atoms with van der Waals surface area (Å²) in [6.07, 6.45) is 7.64. The third kappa shape index (κ3) is 5.25. The molecule has 192 valence electrons. The van der Waals surface area contributed by atoms with Crippen LogP contribution >= 0.6 is 0 Å². The predicted molar refractivity (Wildman–Crippen MR) is 141 cm³/mol. The number of alkyl halides is 3. The van der Waals surface area contributed by atoms with Crippen LogP contribution in [-0.4, -0.2) is 14.8 Å². The topological polar surface area (TPSA) is 64.3 Å². The maximum Gasteiger partial charge on any atom is 0.416 e. The highest BCUT2D eigenvalue weighted by Gasteiger charge is 2.29. The molecule has 2 heterocycles. The summed E-state index contributed by atoms with van der Waals surface area (Å²) in [7, 11) is 0. The molecule has 1 aliphatic carbocycles. The predicted octanol–water partition coefficient (Wildman–Crippen LogP) is 6.65. The first kappa shape index (κ1) is 25.1. The van der Waals surface area contributed by atoms with E-state index in [-0.39, 0.29) is 23.6 Å². The van der Waals surface area contributed by atoms with Crippen molar-refractivity contribution in [1.29, 1.82) is 0 Å². The summed E-state index contributed by atoms with van der Waals surface area (Å²) in [6.45, 7) is 0.117. The Kier molecular flexibility index (Phi) is 6.87. The summed E-state index contributed by atoms with van der Waals surface area (Å²) >= 11 is 0. The van der Waals surface area contributed by atoms with Gasteiger partial charge in [0.2, 0.25) is 0 Å². The average Bonchev–Trinajstić information content (AvgIpc) is 2.93. The Hall–Kier alpha value is -4.59. The van der Waals surface area contributed by atoms with Gasteiger partial charge in [-0.05, 0) is 53.3 Å². The lowest BCUT2D eigenvalue weighted by molar-refractivity contribution is -0.137. The van der Waals surface area contributed by atoms with E-state index in [1.807, 2.05) is 42.5 Å². The van der Waals surface area contributed by atoms with E-state index in [1.165, 1.54) is 18.3 Å². The first-order valence-corrected chi connectivity index (χ1v) is 12.0. The van der Waals surface area contributed by atoms with Crippen molar-refractivity contribution in [1.82, 2.24) is 9.71 Å². The van der Waals surface area contributed by atoms with Crippen LogP contribution in [0.4, 0.5) is 13.2 Å². The molecule has 0 atom stereocenters. The highest BCUT2D eigenvalue weighted by molar-refractivity contribution is 5.92. The fraction of sp³-hybridized carbons (Fsp3) is 0.133. The Labute approximate surface area is 216 Å². The van der Waals surface area contributed by atoms with Gasteiger partial charge < -0.3 is 9.94 Å².